The van der Waals surface area contributed by atoms with Gasteiger partial charge in [0.25, 0.3) is 0 Å². The molecule has 2 aromatic rings. The number of aromatic nitrogens is 1. The van der Waals surface area contributed by atoms with E-state index in [0.29, 0.717) is 0 Å². The molecule has 1 aromatic carbocycles. The number of nitrogens with one attached hydrogen (secondary N) is 1. The van der Waals surface area contributed by atoms with E-state index in [4.69, 9.17) is 4.74 Å². The van der Waals surface area contributed by atoms with E-state index < -0.39 is 0 Å². The third-order valence-electron chi connectivity index (χ3n) is 2.90. The molecule has 0 aliphatic rings. The third-order valence-corrected chi connectivity index (χ3v) is 3.52. The molecule has 0 fully saturated rings. The van der Waals surface area contributed by atoms with Crippen molar-refractivity contribution in [3.8, 4) is 11.5 Å². The number of pyridine rings is 1. The molecule has 1 N–H and O–H groups in total. The smallest absolute Gasteiger partial charge is 0.141 e. The van der Waals surface area contributed by atoms with Gasteiger partial charge in [-0.05, 0) is 67.4 Å². The lowest BCUT2D eigenvalue weighted by molar-refractivity contribution is 0.419. The molecule has 0 atom stereocenters. The Balaban J connectivity index is 2.10. The number of halogens is 1. The van der Waals surface area contributed by atoms with Crippen molar-refractivity contribution in [2.45, 2.75) is 39.8 Å². The van der Waals surface area contributed by atoms with E-state index in [0.717, 1.165) is 28.2 Å². The minimum atomic E-state index is 0.0680. The SMILES string of the molecule is Cc1ccc(Oc2ccnc(CNC(C)(C)C)c2)c(Br)c1. The van der Waals surface area contributed by atoms with Crippen LogP contribution in [0.3, 0.4) is 0 Å². The quantitative estimate of drug-likeness (QED) is 0.858. The predicted molar refractivity (Wildman–Crippen MR) is 89.8 cm³/mol. The molecule has 0 bridgehead atoms. The highest BCUT2D eigenvalue weighted by molar-refractivity contribution is 9.10. The second kappa shape index (κ2) is 6.58. The van der Waals surface area contributed by atoms with Crippen molar-refractivity contribution >= 4 is 15.9 Å². The Morgan fingerprint density at radius 1 is 1.19 bits per heavy atom. The standard InChI is InChI=1S/C17H21BrN2O/c1-12-5-6-16(15(18)9-12)21-14-7-8-19-13(10-14)11-20-17(2,3)4/h5-10,20H,11H2,1-4H3. The molecule has 1 aromatic heterocycles. The van der Waals surface area contributed by atoms with E-state index in [1.54, 1.807) is 6.20 Å². The molecule has 0 aliphatic heterocycles. The fourth-order valence-electron chi connectivity index (χ4n) is 1.79. The van der Waals surface area contributed by atoms with Crippen molar-refractivity contribution < 1.29 is 4.74 Å². The molecule has 0 amide bonds. The molecule has 0 saturated carbocycles. The van der Waals surface area contributed by atoms with Crippen LogP contribution in [0, 0.1) is 6.92 Å². The average molecular weight is 349 g/mol. The second-order valence-corrected chi connectivity index (χ2v) is 6.98. The van der Waals surface area contributed by atoms with Gasteiger partial charge in [-0.25, -0.2) is 0 Å². The van der Waals surface area contributed by atoms with Gasteiger partial charge in [0, 0.05) is 24.3 Å². The van der Waals surface area contributed by atoms with Gasteiger partial charge in [-0.3, -0.25) is 4.98 Å². The van der Waals surface area contributed by atoms with Gasteiger partial charge in [0.15, 0.2) is 0 Å². The molecule has 0 spiro atoms. The highest BCUT2D eigenvalue weighted by atomic mass is 79.9. The zero-order valence-corrected chi connectivity index (χ0v) is 14.5. The van der Waals surface area contributed by atoms with Gasteiger partial charge in [-0.2, -0.15) is 0 Å². The molecule has 0 unspecified atom stereocenters. The number of nitrogens with zero attached hydrogens (tertiary/aromatic N) is 1. The molecule has 2 rings (SSSR count). The van der Waals surface area contributed by atoms with Crippen LogP contribution in [0.2, 0.25) is 0 Å². The number of hydrogen-bond donors (Lipinski definition) is 1. The van der Waals surface area contributed by atoms with E-state index in [2.05, 4.69) is 53.9 Å². The molecular formula is C17H21BrN2O. The number of hydrogen-bond acceptors (Lipinski definition) is 3. The largest absolute Gasteiger partial charge is 0.456 e. The zero-order chi connectivity index (χ0) is 15.5. The number of benzene rings is 1. The van der Waals surface area contributed by atoms with Crippen molar-refractivity contribution in [3.63, 3.8) is 0 Å². The number of aryl methyl sites for hydroxylation is 1. The van der Waals surface area contributed by atoms with Crippen LogP contribution in [0.4, 0.5) is 0 Å². The lowest BCUT2D eigenvalue weighted by Crippen LogP contribution is -2.35. The van der Waals surface area contributed by atoms with Crippen molar-refractivity contribution in [1.82, 2.24) is 10.3 Å². The van der Waals surface area contributed by atoms with Crippen molar-refractivity contribution in [2.75, 3.05) is 0 Å². The first-order valence-corrected chi connectivity index (χ1v) is 7.77. The fourth-order valence-corrected chi connectivity index (χ4v) is 2.36. The van der Waals surface area contributed by atoms with E-state index in [1.165, 1.54) is 5.56 Å². The fraction of sp³-hybridized carbons (Fsp3) is 0.353. The van der Waals surface area contributed by atoms with Gasteiger partial charge in [-0.1, -0.05) is 6.07 Å². The monoisotopic (exact) mass is 348 g/mol. The van der Waals surface area contributed by atoms with E-state index in [-0.39, 0.29) is 5.54 Å². The Morgan fingerprint density at radius 3 is 2.62 bits per heavy atom. The van der Waals surface area contributed by atoms with Gasteiger partial charge in [0.05, 0.1) is 10.2 Å². The summed E-state index contributed by atoms with van der Waals surface area (Å²) < 4.78 is 6.87. The van der Waals surface area contributed by atoms with Gasteiger partial charge in [-0.15, -0.1) is 0 Å². The summed E-state index contributed by atoms with van der Waals surface area (Å²) in [6.45, 7) is 9.18. The summed E-state index contributed by atoms with van der Waals surface area (Å²) in [4.78, 5) is 4.37. The van der Waals surface area contributed by atoms with Crippen LogP contribution in [0.5, 0.6) is 11.5 Å². The second-order valence-electron chi connectivity index (χ2n) is 6.12. The molecule has 1 heterocycles. The Bertz CT molecular complexity index is 620. The van der Waals surface area contributed by atoms with Crippen LogP contribution in [0.15, 0.2) is 41.0 Å². The summed E-state index contributed by atoms with van der Waals surface area (Å²) in [5.41, 5.74) is 2.23. The van der Waals surface area contributed by atoms with Gasteiger partial charge in [0.1, 0.15) is 11.5 Å². The van der Waals surface area contributed by atoms with E-state index >= 15 is 0 Å². The summed E-state index contributed by atoms with van der Waals surface area (Å²) in [6, 6.07) is 9.87. The zero-order valence-electron chi connectivity index (χ0n) is 12.9. The normalized spacial score (nSPS) is 11.5. The number of ether oxygens (including phenoxy) is 1. The first-order valence-electron chi connectivity index (χ1n) is 6.97. The van der Waals surface area contributed by atoms with Crippen molar-refractivity contribution in [1.29, 1.82) is 0 Å². The van der Waals surface area contributed by atoms with Gasteiger partial charge in [0.2, 0.25) is 0 Å². The highest BCUT2D eigenvalue weighted by Gasteiger charge is 2.10. The molecule has 4 heteroatoms. The van der Waals surface area contributed by atoms with Gasteiger partial charge >= 0.3 is 0 Å². The Kier molecular flexibility index (Phi) is 5.01. The average Bonchev–Trinajstić information content (AvgIpc) is 2.39. The first kappa shape index (κ1) is 16.0. The summed E-state index contributed by atoms with van der Waals surface area (Å²) in [5.74, 6) is 1.60. The van der Waals surface area contributed by atoms with E-state index in [9.17, 15) is 0 Å². The summed E-state index contributed by atoms with van der Waals surface area (Å²) in [7, 11) is 0. The summed E-state index contributed by atoms with van der Waals surface area (Å²) in [5, 5.41) is 3.42. The van der Waals surface area contributed by atoms with Crippen molar-refractivity contribution in [3.05, 3.63) is 52.3 Å². The molecule has 21 heavy (non-hydrogen) atoms. The molecule has 0 aliphatic carbocycles. The Hall–Kier alpha value is -1.39. The molecular weight excluding hydrogens is 328 g/mol. The molecule has 0 radical (unpaired) electrons. The summed E-state index contributed by atoms with van der Waals surface area (Å²) in [6.07, 6.45) is 1.77. The molecule has 112 valence electrons. The predicted octanol–water partition coefficient (Wildman–Crippen LogP) is 4.83. The maximum absolute atomic E-state index is 5.92. The highest BCUT2D eigenvalue weighted by Crippen LogP contribution is 2.30. The topological polar surface area (TPSA) is 34.1 Å². The Labute approximate surface area is 134 Å². The minimum Gasteiger partial charge on any atom is -0.456 e. The van der Waals surface area contributed by atoms with Crippen LogP contribution >= 0.6 is 15.9 Å². The van der Waals surface area contributed by atoms with E-state index in [1.807, 2.05) is 30.3 Å². The maximum atomic E-state index is 5.92. The van der Waals surface area contributed by atoms with Gasteiger partial charge < -0.3 is 10.1 Å². The molecule has 3 nitrogen and oxygen atoms in total. The van der Waals surface area contributed by atoms with Crippen LogP contribution in [0.25, 0.3) is 0 Å². The molecule has 0 saturated heterocycles. The minimum absolute atomic E-state index is 0.0680. The lowest BCUT2D eigenvalue weighted by atomic mass is 10.1. The van der Waals surface area contributed by atoms with Crippen LogP contribution in [-0.2, 0) is 6.54 Å². The number of rotatable bonds is 4. The lowest BCUT2D eigenvalue weighted by Gasteiger charge is -2.20. The third kappa shape index (κ3) is 5.14. The van der Waals surface area contributed by atoms with Crippen LogP contribution < -0.4 is 10.1 Å². The first-order chi connectivity index (χ1) is 9.83. The summed E-state index contributed by atoms with van der Waals surface area (Å²) >= 11 is 3.53. The van der Waals surface area contributed by atoms with Crippen LogP contribution in [0.1, 0.15) is 32.0 Å². The van der Waals surface area contributed by atoms with Crippen molar-refractivity contribution in [2.24, 2.45) is 0 Å². The Morgan fingerprint density at radius 2 is 1.95 bits per heavy atom. The van der Waals surface area contributed by atoms with Crippen LogP contribution in [-0.4, -0.2) is 10.5 Å². The maximum Gasteiger partial charge on any atom is 0.141 e.